The molecular weight excluding hydrogens is 932 g/mol. The Hall–Kier alpha value is -2.74. The van der Waals surface area contributed by atoms with Crippen LogP contribution in [0.15, 0.2) is 97.2 Å². The first kappa shape index (κ1) is 67.3. The van der Waals surface area contributed by atoms with E-state index in [-0.39, 0.29) is 13.0 Å². The Labute approximate surface area is 436 Å². The van der Waals surface area contributed by atoms with Crippen LogP contribution in [0, 0.1) is 0 Å². The van der Waals surface area contributed by atoms with Crippen molar-refractivity contribution in [2.75, 3.05) is 19.8 Å². The molecule has 0 aromatic rings. The molecule has 0 radical (unpaired) electrons. The second kappa shape index (κ2) is 47.9. The fourth-order valence-corrected chi connectivity index (χ4v) is 9.01. The third kappa shape index (κ3) is 38.8. The van der Waals surface area contributed by atoms with Gasteiger partial charge in [-0.2, -0.15) is 0 Å². The number of hydrogen-bond acceptors (Lipinski definition) is 11. The molecule has 1 aliphatic carbocycles. The van der Waals surface area contributed by atoms with Crippen LogP contribution in [-0.2, 0) is 27.9 Å². The number of ether oxygens (including phenoxy) is 2. The summed E-state index contributed by atoms with van der Waals surface area (Å²) in [5.74, 6) is -0.505. The Kier molecular flexibility index (Phi) is 44.8. The van der Waals surface area contributed by atoms with Gasteiger partial charge in [0.2, 0.25) is 0 Å². The van der Waals surface area contributed by atoms with Gasteiger partial charge in [-0.15, -0.1) is 0 Å². The molecule has 0 bridgehead atoms. The standard InChI is InChI=1S/C59H101O12P/c1-3-5-7-9-11-13-15-17-19-21-23-25-27-28-30-32-34-36-38-40-42-44-46-48-53(60)70-52(51-69-72(66,67)71-59-57(64)55(62)54(61)56(63)58(59)65)50-68-49-47-45-43-41-39-37-35-33-31-29-26-24-22-20-18-16-14-12-10-8-6-4-2/h5,7,11,13,16-19,22-25,28,30,34,36,52,54-59,61-65H,3-4,6,8-10,12,14-15,20-21,26-27,29,31-33,35,37-51H2,1-2H3,(H,66,67)/b7-5-,13-11-,18-16-,19-17-,24-22-,25-23-,30-28-,36-34-. The molecule has 0 amide bonds. The van der Waals surface area contributed by atoms with Crippen LogP contribution in [0.25, 0.3) is 0 Å². The molecule has 414 valence electrons. The Bertz CT molecular complexity index is 1550. The molecule has 0 heterocycles. The highest BCUT2D eigenvalue weighted by atomic mass is 31.2. The van der Waals surface area contributed by atoms with Crippen molar-refractivity contribution in [1.82, 2.24) is 0 Å². The molecule has 1 saturated carbocycles. The molecule has 13 heteroatoms. The number of aliphatic hydroxyl groups is 5. The zero-order valence-electron chi connectivity index (χ0n) is 44.7. The summed E-state index contributed by atoms with van der Waals surface area (Å²) < 4.78 is 34.4. The number of rotatable bonds is 47. The van der Waals surface area contributed by atoms with Gasteiger partial charge in [0.05, 0.1) is 13.2 Å². The number of carbonyl (C=O) groups excluding carboxylic acids is 1. The fourth-order valence-electron chi connectivity index (χ4n) is 8.04. The average Bonchev–Trinajstić information content (AvgIpc) is 3.37. The van der Waals surface area contributed by atoms with E-state index in [1.165, 1.54) is 77.0 Å². The zero-order valence-corrected chi connectivity index (χ0v) is 45.6. The molecule has 0 aromatic carbocycles. The summed E-state index contributed by atoms with van der Waals surface area (Å²) in [6.45, 7) is 4.11. The third-order valence-electron chi connectivity index (χ3n) is 12.4. The molecule has 6 atom stereocenters. The van der Waals surface area contributed by atoms with Crippen LogP contribution in [0.5, 0.6) is 0 Å². The number of carbonyl (C=O) groups is 1. The van der Waals surface area contributed by atoms with Gasteiger partial charge in [-0.1, -0.05) is 201 Å². The van der Waals surface area contributed by atoms with Crippen molar-refractivity contribution in [2.45, 2.75) is 249 Å². The van der Waals surface area contributed by atoms with Crippen molar-refractivity contribution < 1.29 is 58.3 Å². The van der Waals surface area contributed by atoms with Crippen molar-refractivity contribution in [3.63, 3.8) is 0 Å². The highest BCUT2D eigenvalue weighted by Gasteiger charge is 2.51. The predicted octanol–water partition coefficient (Wildman–Crippen LogP) is 13.4. The minimum absolute atomic E-state index is 0.0951. The highest BCUT2D eigenvalue weighted by molar-refractivity contribution is 7.47. The third-order valence-corrected chi connectivity index (χ3v) is 13.4. The zero-order chi connectivity index (χ0) is 52.6. The number of allylic oxidation sites excluding steroid dienone is 16. The molecule has 0 aromatic heterocycles. The predicted molar refractivity (Wildman–Crippen MR) is 294 cm³/mol. The first-order chi connectivity index (χ1) is 35.0. The first-order valence-corrected chi connectivity index (χ1v) is 29.6. The molecule has 0 saturated heterocycles. The molecule has 1 aliphatic rings. The van der Waals surface area contributed by atoms with Crippen LogP contribution in [0.4, 0.5) is 0 Å². The van der Waals surface area contributed by atoms with E-state index < -0.39 is 63.1 Å². The van der Waals surface area contributed by atoms with Gasteiger partial charge in [-0.3, -0.25) is 13.8 Å². The molecule has 1 fully saturated rings. The molecule has 1 rings (SSSR count). The highest BCUT2D eigenvalue weighted by Crippen LogP contribution is 2.47. The minimum atomic E-state index is -5.04. The van der Waals surface area contributed by atoms with E-state index >= 15 is 0 Å². The Morgan fingerprint density at radius 2 is 0.819 bits per heavy atom. The number of phosphoric acid groups is 1. The van der Waals surface area contributed by atoms with Gasteiger partial charge in [0.15, 0.2) is 0 Å². The average molecular weight is 1030 g/mol. The summed E-state index contributed by atoms with van der Waals surface area (Å²) in [7, 11) is -5.04. The second-order valence-corrected chi connectivity index (χ2v) is 20.5. The largest absolute Gasteiger partial charge is 0.472 e. The molecular formula is C59H101O12P. The van der Waals surface area contributed by atoms with Gasteiger partial charge >= 0.3 is 13.8 Å². The van der Waals surface area contributed by atoms with Crippen molar-refractivity contribution >= 4 is 13.8 Å². The molecule has 6 N–H and O–H groups in total. The monoisotopic (exact) mass is 1030 g/mol. The SMILES string of the molecule is CC/C=C\C/C=C\C/C=C\C/C=C\C/C=C\C/C=C\CCCCCCC(=O)OC(COCCCCCCCCCCCC/C=C\C/C=C\CCCCCCC)COP(=O)(O)OC1C(O)C(O)C(O)C(O)C1O. The Morgan fingerprint density at radius 1 is 0.458 bits per heavy atom. The maximum absolute atomic E-state index is 12.9. The van der Waals surface area contributed by atoms with E-state index in [1.807, 2.05) is 0 Å². The van der Waals surface area contributed by atoms with Crippen molar-refractivity contribution in [3.8, 4) is 0 Å². The quantitative estimate of drug-likeness (QED) is 0.0146. The first-order valence-electron chi connectivity index (χ1n) is 28.1. The maximum atomic E-state index is 12.9. The normalized spacial score (nSPS) is 21.4. The maximum Gasteiger partial charge on any atom is 0.472 e. The van der Waals surface area contributed by atoms with Crippen LogP contribution in [0.2, 0.25) is 0 Å². The van der Waals surface area contributed by atoms with E-state index in [9.17, 15) is 39.8 Å². The van der Waals surface area contributed by atoms with Gasteiger partial charge in [0.1, 0.15) is 42.7 Å². The van der Waals surface area contributed by atoms with E-state index in [4.69, 9.17) is 18.5 Å². The topological polar surface area (TPSA) is 192 Å². The number of esters is 1. The molecule has 0 aliphatic heterocycles. The Balaban J connectivity index is 2.34. The van der Waals surface area contributed by atoms with Crippen LogP contribution in [-0.4, -0.2) is 98.9 Å². The van der Waals surface area contributed by atoms with E-state index in [1.54, 1.807) is 0 Å². The van der Waals surface area contributed by atoms with Gasteiger partial charge in [-0.05, 0) is 96.3 Å². The molecule has 72 heavy (non-hydrogen) atoms. The summed E-state index contributed by atoms with van der Waals surface area (Å²) in [5.41, 5.74) is 0. The van der Waals surface area contributed by atoms with Gasteiger partial charge in [0, 0.05) is 13.0 Å². The fraction of sp³-hybridized carbons (Fsp3) is 0.712. The van der Waals surface area contributed by atoms with Crippen molar-refractivity contribution in [1.29, 1.82) is 0 Å². The lowest BCUT2D eigenvalue weighted by atomic mass is 9.85. The lowest BCUT2D eigenvalue weighted by molar-refractivity contribution is -0.220. The van der Waals surface area contributed by atoms with E-state index in [0.717, 1.165) is 103 Å². The van der Waals surface area contributed by atoms with Crippen LogP contribution in [0.3, 0.4) is 0 Å². The molecule has 12 nitrogen and oxygen atoms in total. The summed E-state index contributed by atoms with van der Waals surface area (Å²) in [5, 5.41) is 50.4. The summed E-state index contributed by atoms with van der Waals surface area (Å²) in [4.78, 5) is 23.3. The number of phosphoric ester groups is 1. The lowest BCUT2D eigenvalue weighted by Gasteiger charge is -2.41. The summed E-state index contributed by atoms with van der Waals surface area (Å²) in [6.07, 6.45) is 54.7. The lowest BCUT2D eigenvalue weighted by Crippen LogP contribution is -2.64. The summed E-state index contributed by atoms with van der Waals surface area (Å²) in [6, 6.07) is 0. The Morgan fingerprint density at radius 3 is 1.25 bits per heavy atom. The minimum Gasteiger partial charge on any atom is -0.457 e. The van der Waals surface area contributed by atoms with Crippen LogP contribution in [0.1, 0.15) is 206 Å². The van der Waals surface area contributed by atoms with Gasteiger partial charge < -0.3 is 39.9 Å². The smallest absolute Gasteiger partial charge is 0.457 e. The van der Waals surface area contributed by atoms with Gasteiger partial charge in [-0.25, -0.2) is 4.57 Å². The van der Waals surface area contributed by atoms with Gasteiger partial charge in [0.25, 0.3) is 0 Å². The van der Waals surface area contributed by atoms with E-state index in [0.29, 0.717) is 13.0 Å². The molecule has 6 unspecified atom stereocenters. The van der Waals surface area contributed by atoms with E-state index in [2.05, 4.69) is 111 Å². The summed E-state index contributed by atoms with van der Waals surface area (Å²) >= 11 is 0. The van der Waals surface area contributed by atoms with Crippen molar-refractivity contribution in [3.05, 3.63) is 97.2 Å². The number of unbranched alkanes of at least 4 members (excludes halogenated alkanes) is 19. The van der Waals surface area contributed by atoms with Crippen LogP contribution < -0.4 is 0 Å². The molecule has 0 spiro atoms. The van der Waals surface area contributed by atoms with Crippen LogP contribution >= 0.6 is 7.82 Å². The number of hydrogen-bond donors (Lipinski definition) is 6. The van der Waals surface area contributed by atoms with Crippen molar-refractivity contribution in [2.24, 2.45) is 0 Å². The second-order valence-electron chi connectivity index (χ2n) is 19.0. The number of aliphatic hydroxyl groups excluding tert-OH is 5.